The van der Waals surface area contributed by atoms with Crippen molar-refractivity contribution in [2.24, 2.45) is 0 Å². The highest BCUT2D eigenvalue weighted by Crippen LogP contribution is 2.46. The molecule has 0 radical (unpaired) electrons. The number of anilines is 2. The fourth-order valence-electron chi connectivity index (χ4n) is 5.54. The molecule has 14 nitrogen and oxygen atoms in total. The van der Waals surface area contributed by atoms with Crippen LogP contribution in [0.25, 0.3) is 11.1 Å². The van der Waals surface area contributed by atoms with Crippen molar-refractivity contribution in [1.82, 2.24) is 10.6 Å². The van der Waals surface area contributed by atoms with Crippen molar-refractivity contribution in [3.63, 3.8) is 0 Å². The van der Waals surface area contributed by atoms with E-state index >= 15 is 0 Å². The van der Waals surface area contributed by atoms with E-state index in [1.807, 2.05) is 50.2 Å². The van der Waals surface area contributed by atoms with Crippen LogP contribution in [-0.4, -0.2) is 101 Å². The second-order valence-electron chi connectivity index (χ2n) is 12.7. The van der Waals surface area contributed by atoms with Gasteiger partial charge in [-0.15, -0.1) is 0 Å². The van der Waals surface area contributed by atoms with Crippen LogP contribution in [-0.2, 0) is 42.9 Å². The lowest BCUT2D eigenvalue weighted by Gasteiger charge is -2.15. The predicted molar refractivity (Wildman–Crippen MR) is 207 cm³/mol. The molecule has 4 amide bonds. The van der Waals surface area contributed by atoms with Crippen molar-refractivity contribution in [1.29, 1.82) is 0 Å². The standard InChI is InChI=1S/C31H41N3O7.C9H19NO3/c1-3-7-30(38)33-22-10-12-24-25-13-11-23(19-27(25)28(26(24)18-22)20-41-21(2)36)34-31(39)9-6-8-29(37)32-14-17-40-16-5-4-15-35;1-3-9(11)10-5-8-13-7-4-6-12-2/h10-13,18-19,28,35H,3-9,14-17,20H2,1-2H3,(H,32,37)(H,33,38)(H,34,39);3-8H2,1-2H3,(H,10,11). The number of methoxy groups -OCH3 is 1. The lowest BCUT2D eigenvalue weighted by atomic mass is 9.97. The average Bonchev–Trinajstić information content (AvgIpc) is 3.45. The van der Waals surface area contributed by atoms with Crippen LogP contribution in [0.3, 0.4) is 0 Å². The van der Waals surface area contributed by atoms with Gasteiger partial charge in [-0.05, 0) is 78.6 Å². The van der Waals surface area contributed by atoms with Gasteiger partial charge in [-0.1, -0.05) is 26.0 Å². The first-order chi connectivity index (χ1) is 26.1. The summed E-state index contributed by atoms with van der Waals surface area (Å²) >= 11 is 0. The van der Waals surface area contributed by atoms with E-state index in [-0.39, 0.29) is 61.6 Å². The molecule has 1 aliphatic carbocycles. The van der Waals surface area contributed by atoms with Gasteiger partial charge in [0.2, 0.25) is 23.6 Å². The zero-order valence-electron chi connectivity index (χ0n) is 32.4. The Morgan fingerprint density at radius 1 is 0.667 bits per heavy atom. The van der Waals surface area contributed by atoms with Gasteiger partial charge in [-0.25, -0.2) is 0 Å². The minimum atomic E-state index is -0.383. The molecule has 0 aromatic heterocycles. The Morgan fingerprint density at radius 3 is 1.76 bits per heavy atom. The Hall–Kier alpha value is -4.37. The van der Waals surface area contributed by atoms with E-state index in [4.69, 9.17) is 24.1 Å². The van der Waals surface area contributed by atoms with E-state index in [9.17, 15) is 24.0 Å². The maximum absolute atomic E-state index is 12.6. The van der Waals surface area contributed by atoms with E-state index in [0.29, 0.717) is 76.6 Å². The Kier molecular flexibility index (Phi) is 23.1. The van der Waals surface area contributed by atoms with Crippen LogP contribution < -0.4 is 21.3 Å². The monoisotopic (exact) mass is 756 g/mol. The van der Waals surface area contributed by atoms with Crippen molar-refractivity contribution in [3.05, 3.63) is 47.5 Å². The summed E-state index contributed by atoms with van der Waals surface area (Å²) in [6.45, 7) is 9.38. The maximum Gasteiger partial charge on any atom is 0.302 e. The molecule has 2 aromatic rings. The quantitative estimate of drug-likeness (QED) is 0.0703. The number of unbranched alkanes of at least 4 members (excludes halogenated alkanes) is 1. The Labute approximate surface area is 319 Å². The molecule has 1 atom stereocenters. The third kappa shape index (κ3) is 18.1. The first-order valence-electron chi connectivity index (χ1n) is 18.9. The largest absolute Gasteiger partial charge is 0.465 e. The van der Waals surface area contributed by atoms with Crippen molar-refractivity contribution in [2.45, 2.75) is 84.5 Å². The van der Waals surface area contributed by atoms with E-state index in [1.165, 1.54) is 6.92 Å². The minimum Gasteiger partial charge on any atom is -0.465 e. The number of fused-ring (bicyclic) bond motifs is 3. The van der Waals surface area contributed by atoms with Gasteiger partial charge in [0.05, 0.1) is 13.2 Å². The predicted octanol–water partition coefficient (Wildman–Crippen LogP) is 4.68. The van der Waals surface area contributed by atoms with E-state index < -0.39 is 0 Å². The van der Waals surface area contributed by atoms with Crippen LogP contribution in [0.1, 0.15) is 95.6 Å². The molecule has 300 valence electrons. The summed E-state index contributed by atoms with van der Waals surface area (Å²) in [5.41, 5.74) is 5.15. The van der Waals surface area contributed by atoms with Crippen LogP contribution in [0.4, 0.5) is 11.4 Å². The van der Waals surface area contributed by atoms with Crippen molar-refractivity contribution < 1.29 is 48.0 Å². The second-order valence-corrected chi connectivity index (χ2v) is 12.7. The number of hydrogen-bond acceptors (Lipinski definition) is 10. The molecule has 3 rings (SSSR count). The van der Waals surface area contributed by atoms with Gasteiger partial charge in [0.25, 0.3) is 0 Å². The summed E-state index contributed by atoms with van der Waals surface area (Å²) in [5.74, 6) is -0.942. The SMILES string of the molecule is CCC(=O)NCCOCCCOC.CCCC(=O)Nc1ccc2c(c1)C(COC(C)=O)c1cc(NC(=O)CCCC(=O)NCCOCCCCO)ccc1-2. The molecule has 54 heavy (non-hydrogen) atoms. The number of hydrogen-bond donors (Lipinski definition) is 5. The van der Waals surface area contributed by atoms with Crippen molar-refractivity contribution in [3.8, 4) is 11.1 Å². The van der Waals surface area contributed by atoms with Gasteiger partial charge in [0.15, 0.2) is 0 Å². The summed E-state index contributed by atoms with van der Waals surface area (Å²) in [7, 11) is 1.67. The number of nitrogens with one attached hydrogen (secondary N) is 4. The van der Waals surface area contributed by atoms with Gasteiger partial charge < -0.3 is 45.3 Å². The molecule has 0 fully saturated rings. The zero-order valence-corrected chi connectivity index (χ0v) is 32.4. The van der Waals surface area contributed by atoms with E-state index in [0.717, 1.165) is 48.1 Å². The van der Waals surface area contributed by atoms with Gasteiger partial charge in [0, 0.05) is 96.5 Å². The lowest BCUT2D eigenvalue weighted by Crippen LogP contribution is -2.27. The molecule has 0 spiro atoms. The third-order valence-electron chi connectivity index (χ3n) is 8.24. The molecule has 14 heteroatoms. The van der Waals surface area contributed by atoms with Gasteiger partial charge in [-0.3, -0.25) is 24.0 Å². The van der Waals surface area contributed by atoms with Crippen LogP contribution in [0.2, 0.25) is 0 Å². The maximum atomic E-state index is 12.6. The highest BCUT2D eigenvalue weighted by Gasteiger charge is 2.30. The molecule has 0 saturated heterocycles. The molecule has 1 unspecified atom stereocenters. The van der Waals surface area contributed by atoms with Crippen molar-refractivity contribution >= 4 is 41.0 Å². The van der Waals surface area contributed by atoms with E-state index in [1.54, 1.807) is 7.11 Å². The second kappa shape index (κ2) is 27.2. The molecule has 1 aliphatic rings. The molecule has 5 N–H and O–H groups in total. The molecular formula is C40H60N4O10. The molecule has 0 heterocycles. The minimum absolute atomic E-state index is 0.0544. The van der Waals surface area contributed by atoms with Gasteiger partial charge in [0.1, 0.15) is 6.61 Å². The fraction of sp³-hybridized carbons (Fsp3) is 0.575. The highest BCUT2D eigenvalue weighted by molar-refractivity contribution is 5.94. The Balaban J connectivity index is 0.000000660. The molecule has 0 aliphatic heterocycles. The zero-order chi connectivity index (χ0) is 39.6. The summed E-state index contributed by atoms with van der Waals surface area (Å²) in [4.78, 5) is 59.1. The molecule has 0 saturated carbocycles. The van der Waals surface area contributed by atoms with Crippen LogP contribution in [0.5, 0.6) is 0 Å². The average molecular weight is 757 g/mol. The number of aliphatic hydroxyl groups is 1. The van der Waals surface area contributed by atoms with Gasteiger partial charge in [-0.2, -0.15) is 0 Å². The smallest absolute Gasteiger partial charge is 0.302 e. The summed E-state index contributed by atoms with van der Waals surface area (Å²) in [6, 6.07) is 11.4. The van der Waals surface area contributed by atoms with Crippen LogP contribution >= 0.6 is 0 Å². The number of carbonyl (C=O) groups excluding carboxylic acids is 5. The topological polar surface area (TPSA) is 191 Å². The van der Waals surface area contributed by atoms with Gasteiger partial charge >= 0.3 is 5.97 Å². The third-order valence-corrected chi connectivity index (χ3v) is 8.24. The normalized spacial score (nSPS) is 12.4. The lowest BCUT2D eigenvalue weighted by molar-refractivity contribution is -0.141. The molecule has 0 bridgehead atoms. The molecular weight excluding hydrogens is 696 g/mol. The number of rotatable bonds is 25. The Morgan fingerprint density at radius 2 is 1.22 bits per heavy atom. The summed E-state index contributed by atoms with van der Waals surface area (Å²) in [6.07, 6.45) is 4.94. The number of amides is 4. The first kappa shape index (κ1) is 45.8. The number of benzene rings is 2. The van der Waals surface area contributed by atoms with E-state index in [2.05, 4.69) is 21.3 Å². The first-order valence-corrected chi connectivity index (χ1v) is 18.9. The number of carbonyl (C=O) groups is 5. The number of ether oxygens (including phenoxy) is 4. The number of esters is 1. The summed E-state index contributed by atoms with van der Waals surface area (Å²) in [5, 5.41) is 20.1. The molecule has 2 aromatic carbocycles. The van der Waals surface area contributed by atoms with Crippen LogP contribution in [0.15, 0.2) is 36.4 Å². The summed E-state index contributed by atoms with van der Waals surface area (Å²) < 4.78 is 20.9. The Bertz CT molecular complexity index is 1470. The van der Waals surface area contributed by atoms with Crippen LogP contribution in [0, 0.1) is 0 Å². The van der Waals surface area contributed by atoms with Crippen molar-refractivity contribution in [2.75, 3.05) is 77.1 Å². The highest BCUT2D eigenvalue weighted by atomic mass is 16.5. The fourth-order valence-corrected chi connectivity index (χ4v) is 5.54. The number of aliphatic hydroxyl groups excluding tert-OH is 1.